The first-order chi connectivity index (χ1) is 9.44. The largest absolute Gasteiger partial charge is 0.444 e. The summed E-state index contributed by atoms with van der Waals surface area (Å²) in [6.07, 6.45) is 2.95. The van der Waals surface area contributed by atoms with Gasteiger partial charge in [0.25, 0.3) is 0 Å². The predicted octanol–water partition coefficient (Wildman–Crippen LogP) is 3.28. The van der Waals surface area contributed by atoms with Crippen molar-refractivity contribution in [1.82, 2.24) is 10.6 Å². The molecule has 1 amide bonds. The van der Waals surface area contributed by atoms with Crippen LogP contribution < -0.4 is 10.6 Å². The molecule has 1 saturated carbocycles. The van der Waals surface area contributed by atoms with Gasteiger partial charge in [-0.15, -0.1) is 11.3 Å². The highest BCUT2D eigenvalue weighted by Crippen LogP contribution is 2.21. The van der Waals surface area contributed by atoms with Crippen molar-refractivity contribution < 1.29 is 9.53 Å². The van der Waals surface area contributed by atoms with Crippen molar-refractivity contribution in [2.24, 2.45) is 0 Å². The molecule has 0 saturated heterocycles. The lowest BCUT2D eigenvalue weighted by atomic mass is 10.1. The number of thiophene rings is 1. The quantitative estimate of drug-likeness (QED) is 0.896. The fourth-order valence-electron chi connectivity index (χ4n) is 2.48. The average Bonchev–Trinajstić information content (AvgIpc) is 2.94. The zero-order chi connectivity index (χ0) is 14.6. The van der Waals surface area contributed by atoms with Gasteiger partial charge in [-0.05, 0) is 51.5 Å². The van der Waals surface area contributed by atoms with Crippen molar-refractivity contribution in [1.29, 1.82) is 0 Å². The van der Waals surface area contributed by atoms with E-state index in [-0.39, 0.29) is 12.1 Å². The Bertz CT molecular complexity index is 426. The minimum atomic E-state index is -0.442. The van der Waals surface area contributed by atoms with Crippen molar-refractivity contribution in [3.05, 3.63) is 22.4 Å². The number of alkyl carbamates (subject to hydrolysis) is 1. The van der Waals surface area contributed by atoms with Crippen LogP contribution in [-0.4, -0.2) is 23.8 Å². The van der Waals surface area contributed by atoms with E-state index >= 15 is 0 Å². The number of carbonyl (C=O) groups excluding carboxylic acids is 1. The Kier molecular flexibility index (Phi) is 5.05. The molecule has 0 radical (unpaired) electrons. The second kappa shape index (κ2) is 6.59. The molecule has 2 atom stereocenters. The SMILES string of the molecule is CC(C)(C)OC(=O)NC1CCCC1NCc1cccs1. The number of nitrogens with one attached hydrogen (secondary N) is 2. The van der Waals surface area contributed by atoms with Gasteiger partial charge in [-0.1, -0.05) is 6.07 Å². The standard InChI is InChI=1S/C15H24N2O2S/c1-15(2,3)19-14(18)17-13-8-4-7-12(13)16-10-11-6-5-9-20-11/h5-6,9,12-13,16H,4,7-8,10H2,1-3H3,(H,17,18). The molecule has 1 aliphatic rings. The molecular formula is C15H24N2O2S. The molecule has 0 spiro atoms. The van der Waals surface area contributed by atoms with Gasteiger partial charge in [0.2, 0.25) is 0 Å². The summed E-state index contributed by atoms with van der Waals surface area (Å²) in [5, 5.41) is 8.62. The maximum absolute atomic E-state index is 11.8. The van der Waals surface area contributed by atoms with Crippen LogP contribution in [-0.2, 0) is 11.3 Å². The molecule has 0 bridgehead atoms. The van der Waals surface area contributed by atoms with E-state index in [1.54, 1.807) is 11.3 Å². The Hall–Kier alpha value is -1.07. The van der Waals surface area contributed by atoms with Crippen LogP contribution in [0.1, 0.15) is 44.9 Å². The summed E-state index contributed by atoms with van der Waals surface area (Å²) >= 11 is 1.75. The van der Waals surface area contributed by atoms with Gasteiger partial charge in [0.15, 0.2) is 0 Å². The van der Waals surface area contributed by atoms with E-state index in [0.29, 0.717) is 6.04 Å². The molecule has 0 aromatic carbocycles. The number of carbonyl (C=O) groups is 1. The van der Waals surface area contributed by atoms with Crippen molar-refractivity contribution in [2.45, 2.75) is 64.3 Å². The summed E-state index contributed by atoms with van der Waals surface area (Å²) < 4.78 is 5.32. The number of amides is 1. The molecule has 2 rings (SSSR count). The summed E-state index contributed by atoms with van der Waals surface area (Å²) in [7, 11) is 0. The molecule has 1 aromatic rings. The van der Waals surface area contributed by atoms with Crippen LogP contribution in [0.3, 0.4) is 0 Å². The molecule has 2 unspecified atom stereocenters. The van der Waals surface area contributed by atoms with Crippen LogP contribution in [0, 0.1) is 0 Å². The lowest BCUT2D eigenvalue weighted by Crippen LogP contribution is -2.47. The Morgan fingerprint density at radius 2 is 2.15 bits per heavy atom. The summed E-state index contributed by atoms with van der Waals surface area (Å²) in [5.74, 6) is 0. The van der Waals surface area contributed by atoms with Crippen LogP contribution in [0.5, 0.6) is 0 Å². The summed E-state index contributed by atoms with van der Waals surface area (Å²) in [6, 6.07) is 4.70. The summed E-state index contributed by atoms with van der Waals surface area (Å²) in [4.78, 5) is 13.2. The predicted molar refractivity (Wildman–Crippen MR) is 82.0 cm³/mol. The third-order valence-electron chi connectivity index (χ3n) is 3.34. The van der Waals surface area contributed by atoms with Crippen molar-refractivity contribution in [3.63, 3.8) is 0 Å². The van der Waals surface area contributed by atoms with Crippen molar-refractivity contribution >= 4 is 17.4 Å². The fourth-order valence-corrected chi connectivity index (χ4v) is 3.14. The van der Waals surface area contributed by atoms with E-state index in [1.807, 2.05) is 20.8 Å². The molecule has 0 aliphatic heterocycles. The number of rotatable bonds is 4. The molecule has 20 heavy (non-hydrogen) atoms. The van der Waals surface area contributed by atoms with Gasteiger partial charge >= 0.3 is 6.09 Å². The number of ether oxygens (including phenoxy) is 1. The van der Waals surface area contributed by atoms with Crippen LogP contribution in [0.4, 0.5) is 4.79 Å². The molecule has 2 N–H and O–H groups in total. The molecule has 1 aromatic heterocycles. The van der Waals surface area contributed by atoms with Crippen LogP contribution in [0.15, 0.2) is 17.5 Å². The highest BCUT2D eigenvalue weighted by atomic mass is 32.1. The Balaban J connectivity index is 1.80. The molecule has 1 aliphatic carbocycles. The molecule has 112 valence electrons. The zero-order valence-electron chi connectivity index (χ0n) is 12.4. The lowest BCUT2D eigenvalue weighted by Gasteiger charge is -2.25. The zero-order valence-corrected chi connectivity index (χ0v) is 13.3. The van der Waals surface area contributed by atoms with E-state index in [2.05, 4.69) is 28.1 Å². The average molecular weight is 296 g/mol. The van der Waals surface area contributed by atoms with Gasteiger partial charge in [-0.25, -0.2) is 4.79 Å². The van der Waals surface area contributed by atoms with Crippen LogP contribution in [0.25, 0.3) is 0 Å². The monoisotopic (exact) mass is 296 g/mol. The van der Waals surface area contributed by atoms with Gasteiger partial charge in [-0.2, -0.15) is 0 Å². The number of hydrogen-bond donors (Lipinski definition) is 2. The second-order valence-corrected chi connectivity index (χ2v) is 7.28. The molecule has 5 heteroatoms. The van der Waals surface area contributed by atoms with E-state index in [4.69, 9.17) is 4.74 Å². The van der Waals surface area contributed by atoms with Gasteiger partial charge in [0, 0.05) is 23.5 Å². The first-order valence-corrected chi connectivity index (χ1v) is 8.07. The van der Waals surface area contributed by atoms with Gasteiger partial charge in [0.05, 0.1) is 0 Å². The maximum atomic E-state index is 11.8. The minimum Gasteiger partial charge on any atom is -0.444 e. The molecule has 1 fully saturated rings. The lowest BCUT2D eigenvalue weighted by molar-refractivity contribution is 0.0498. The van der Waals surface area contributed by atoms with Gasteiger partial charge in [0.1, 0.15) is 5.60 Å². The molecular weight excluding hydrogens is 272 g/mol. The van der Waals surface area contributed by atoms with Crippen molar-refractivity contribution in [2.75, 3.05) is 0 Å². The third-order valence-corrected chi connectivity index (χ3v) is 4.21. The van der Waals surface area contributed by atoms with Gasteiger partial charge < -0.3 is 15.4 Å². The Morgan fingerprint density at radius 3 is 2.80 bits per heavy atom. The van der Waals surface area contributed by atoms with Gasteiger partial charge in [-0.3, -0.25) is 0 Å². The first-order valence-electron chi connectivity index (χ1n) is 7.19. The topological polar surface area (TPSA) is 50.4 Å². The molecule has 1 heterocycles. The summed E-state index contributed by atoms with van der Waals surface area (Å²) in [6.45, 7) is 6.52. The maximum Gasteiger partial charge on any atom is 0.407 e. The molecule has 4 nitrogen and oxygen atoms in total. The van der Waals surface area contributed by atoms with E-state index in [1.165, 1.54) is 4.88 Å². The first kappa shape index (κ1) is 15.3. The highest BCUT2D eigenvalue weighted by molar-refractivity contribution is 7.09. The highest BCUT2D eigenvalue weighted by Gasteiger charge is 2.29. The van der Waals surface area contributed by atoms with E-state index in [0.717, 1.165) is 25.8 Å². The number of hydrogen-bond acceptors (Lipinski definition) is 4. The minimum absolute atomic E-state index is 0.171. The van der Waals surface area contributed by atoms with E-state index < -0.39 is 5.60 Å². The Morgan fingerprint density at radius 1 is 1.40 bits per heavy atom. The van der Waals surface area contributed by atoms with Crippen molar-refractivity contribution in [3.8, 4) is 0 Å². The smallest absolute Gasteiger partial charge is 0.407 e. The second-order valence-electron chi connectivity index (χ2n) is 6.25. The Labute approximate surface area is 124 Å². The summed E-state index contributed by atoms with van der Waals surface area (Å²) in [5.41, 5.74) is -0.442. The fraction of sp³-hybridized carbons (Fsp3) is 0.667. The normalized spacial score (nSPS) is 22.8. The van der Waals surface area contributed by atoms with E-state index in [9.17, 15) is 4.79 Å². The van der Waals surface area contributed by atoms with Crippen LogP contribution in [0.2, 0.25) is 0 Å². The van der Waals surface area contributed by atoms with Crippen LogP contribution >= 0.6 is 11.3 Å². The third kappa shape index (κ3) is 4.80.